The maximum absolute atomic E-state index is 13.4. The number of hydrogen-bond acceptors (Lipinski definition) is 1. The van der Waals surface area contributed by atoms with Crippen LogP contribution in [0.25, 0.3) is 0 Å². The van der Waals surface area contributed by atoms with E-state index in [4.69, 9.17) is 4.74 Å². The predicted molar refractivity (Wildman–Crippen MR) is 63.8 cm³/mol. The molecule has 90 valence electrons. The Morgan fingerprint density at radius 3 is 2.67 bits per heavy atom. The monoisotopic (exact) mass is 216 g/mol. The van der Waals surface area contributed by atoms with Gasteiger partial charge in [-0.2, -0.15) is 0 Å². The zero-order chi connectivity index (χ0) is 11.7. The Morgan fingerprint density at radius 1 is 1.53 bits per heavy atom. The highest BCUT2D eigenvalue weighted by molar-refractivity contribution is 4.79. The molecule has 0 aromatic carbocycles. The van der Waals surface area contributed by atoms with Crippen LogP contribution in [0.2, 0.25) is 0 Å². The summed E-state index contributed by atoms with van der Waals surface area (Å²) in [4.78, 5) is 0. The van der Waals surface area contributed by atoms with Gasteiger partial charge in [-0.3, -0.25) is 0 Å². The summed E-state index contributed by atoms with van der Waals surface area (Å²) in [6, 6.07) is 0. The van der Waals surface area contributed by atoms with E-state index in [1.807, 2.05) is 13.0 Å². The van der Waals surface area contributed by atoms with Gasteiger partial charge in [0.25, 0.3) is 0 Å². The van der Waals surface area contributed by atoms with Crippen LogP contribution in [-0.2, 0) is 4.74 Å². The van der Waals surface area contributed by atoms with E-state index in [-0.39, 0.29) is 5.41 Å². The quantitative estimate of drug-likeness (QED) is 0.416. The third kappa shape index (κ3) is 6.67. The molecule has 0 spiro atoms. The second-order valence-corrected chi connectivity index (χ2v) is 4.63. The molecule has 0 aliphatic carbocycles. The lowest BCUT2D eigenvalue weighted by Gasteiger charge is -2.30. The first-order valence-electron chi connectivity index (χ1n) is 5.82. The maximum Gasteiger partial charge on any atom is 0.100 e. The van der Waals surface area contributed by atoms with Gasteiger partial charge in [0.1, 0.15) is 6.17 Å². The first-order valence-corrected chi connectivity index (χ1v) is 5.82. The highest BCUT2D eigenvalue weighted by Gasteiger charge is 2.27. The molecule has 0 saturated carbocycles. The van der Waals surface area contributed by atoms with Crippen LogP contribution >= 0.6 is 0 Å². The molecule has 0 fully saturated rings. The fourth-order valence-electron chi connectivity index (χ4n) is 1.93. The van der Waals surface area contributed by atoms with E-state index >= 15 is 0 Å². The lowest BCUT2D eigenvalue weighted by atomic mass is 9.80. The highest BCUT2D eigenvalue weighted by atomic mass is 19.1. The molecule has 0 N–H and O–H groups in total. The molecule has 0 aromatic heterocycles. The fraction of sp³-hybridized carbons (Fsp3) is 0.846. The van der Waals surface area contributed by atoms with Crippen molar-refractivity contribution >= 4 is 0 Å². The lowest BCUT2D eigenvalue weighted by molar-refractivity contribution is 0.0557. The van der Waals surface area contributed by atoms with Crippen LogP contribution in [0.5, 0.6) is 0 Å². The third-order valence-corrected chi connectivity index (χ3v) is 2.84. The second kappa shape index (κ2) is 7.86. The predicted octanol–water partition coefficient (Wildman–Crippen LogP) is 4.13. The molecule has 2 atom stereocenters. The Labute approximate surface area is 93.7 Å². The molecule has 0 radical (unpaired) electrons. The summed E-state index contributed by atoms with van der Waals surface area (Å²) in [5, 5.41) is 0. The SMILES string of the molecule is C=CCCC[C@@](C)(COC)C[C@H](F)CC. The first kappa shape index (κ1) is 14.6. The van der Waals surface area contributed by atoms with Gasteiger partial charge in [-0.05, 0) is 37.5 Å². The van der Waals surface area contributed by atoms with Crippen LogP contribution in [0.1, 0.15) is 46.0 Å². The van der Waals surface area contributed by atoms with Crippen LogP contribution in [0, 0.1) is 5.41 Å². The van der Waals surface area contributed by atoms with E-state index < -0.39 is 6.17 Å². The topological polar surface area (TPSA) is 9.23 Å². The van der Waals surface area contributed by atoms with Gasteiger partial charge in [0, 0.05) is 7.11 Å². The van der Waals surface area contributed by atoms with Crippen LogP contribution in [0.15, 0.2) is 12.7 Å². The van der Waals surface area contributed by atoms with Gasteiger partial charge in [-0.1, -0.05) is 19.9 Å². The zero-order valence-corrected chi connectivity index (χ0v) is 10.4. The smallest absolute Gasteiger partial charge is 0.100 e. The van der Waals surface area contributed by atoms with Crippen molar-refractivity contribution < 1.29 is 9.13 Å². The molecule has 0 aliphatic rings. The molecule has 0 aromatic rings. The molecule has 2 heteroatoms. The Morgan fingerprint density at radius 2 is 2.20 bits per heavy atom. The number of unbranched alkanes of at least 4 members (excludes halogenated alkanes) is 1. The summed E-state index contributed by atoms with van der Waals surface area (Å²) in [5.74, 6) is 0. The normalized spacial score (nSPS) is 17.1. The van der Waals surface area contributed by atoms with Gasteiger partial charge >= 0.3 is 0 Å². The maximum atomic E-state index is 13.4. The summed E-state index contributed by atoms with van der Waals surface area (Å²) in [5.41, 5.74) is -0.0206. The summed E-state index contributed by atoms with van der Waals surface area (Å²) in [6.45, 7) is 8.34. The van der Waals surface area contributed by atoms with Crippen molar-refractivity contribution in [2.75, 3.05) is 13.7 Å². The molecule has 0 saturated heterocycles. The van der Waals surface area contributed by atoms with Gasteiger partial charge in [0.05, 0.1) is 6.61 Å². The molecule has 0 aliphatic heterocycles. The largest absolute Gasteiger partial charge is 0.384 e. The standard InChI is InChI=1S/C13H25FO/c1-5-7-8-9-13(3,11-15-4)10-12(14)6-2/h5,12H,1,6-11H2,2-4H3/t12-,13-/m1/s1. The van der Waals surface area contributed by atoms with Crippen molar-refractivity contribution in [3.8, 4) is 0 Å². The van der Waals surface area contributed by atoms with Crippen molar-refractivity contribution in [1.82, 2.24) is 0 Å². The molecule has 0 rings (SSSR count). The van der Waals surface area contributed by atoms with E-state index in [2.05, 4.69) is 13.5 Å². The summed E-state index contributed by atoms with van der Waals surface area (Å²) in [6.07, 6.45) is 5.50. The van der Waals surface area contributed by atoms with Gasteiger partial charge < -0.3 is 4.74 Å². The van der Waals surface area contributed by atoms with E-state index in [0.29, 0.717) is 19.4 Å². The number of hydrogen-bond donors (Lipinski definition) is 0. The minimum atomic E-state index is -0.700. The molecule has 0 amide bonds. The van der Waals surface area contributed by atoms with Crippen molar-refractivity contribution in [1.29, 1.82) is 0 Å². The molecule has 0 heterocycles. The van der Waals surface area contributed by atoms with Crippen molar-refractivity contribution in [3.05, 3.63) is 12.7 Å². The fourth-order valence-corrected chi connectivity index (χ4v) is 1.93. The summed E-state index contributed by atoms with van der Waals surface area (Å²) < 4.78 is 18.6. The third-order valence-electron chi connectivity index (χ3n) is 2.84. The number of ether oxygens (including phenoxy) is 1. The Balaban J connectivity index is 4.10. The Bertz CT molecular complexity index is 170. The van der Waals surface area contributed by atoms with Gasteiger partial charge in [0.15, 0.2) is 0 Å². The zero-order valence-electron chi connectivity index (χ0n) is 10.4. The lowest BCUT2D eigenvalue weighted by Crippen LogP contribution is -2.26. The number of rotatable bonds is 9. The van der Waals surface area contributed by atoms with Crippen LogP contribution in [0.4, 0.5) is 4.39 Å². The summed E-state index contributed by atoms with van der Waals surface area (Å²) in [7, 11) is 1.69. The van der Waals surface area contributed by atoms with Crippen LogP contribution in [0.3, 0.4) is 0 Å². The van der Waals surface area contributed by atoms with Crippen molar-refractivity contribution in [3.63, 3.8) is 0 Å². The minimum absolute atomic E-state index is 0.0206. The Hall–Kier alpha value is -0.370. The molecule has 15 heavy (non-hydrogen) atoms. The minimum Gasteiger partial charge on any atom is -0.384 e. The highest BCUT2D eigenvalue weighted by Crippen LogP contribution is 2.32. The summed E-state index contributed by atoms with van der Waals surface area (Å²) >= 11 is 0. The van der Waals surface area contributed by atoms with Gasteiger partial charge in [-0.15, -0.1) is 6.58 Å². The number of allylic oxidation sites excluding steroid dienone is 1. The van der Waals surface area contributed by atoms with E-state index in [1.165, 1.54) is 0 Å². The van der Waals surface area contributed by atoms with Crippen molar-refractivity contribution in [2.24, 2.45) is 5.41 Å². The molecule has 0 unspecified atom stereocenters. The average molecular weight is 216 g/mol. The van der Waals surface area contributed by atoms with E-state index in [9.17, 15) is 4.39 Å². The molecular weight excluding hydrogens is 191 g/mol. The van der Waals surface area contributed by atoms with Gasteiger partial charge in [0.2, 0.25) is 0 Å². The molecular formula is C13H25FO. The number of halogens is 1. The van der Waals surface area contributed by atoms with Gasteiger partial charge in [-0.25, -0.2) is 4.39 Å². The number of alkyl halides is 1. The van der Waals surface area contributed by atoms with E-state index in [1.54, 1.807) is 7.11 Å². The average Bonchev–Trinajstić information content (AvgIpc) is 2.18. The second-order valence-electron chi connectivity index (χ2n) is 4.63. The molecule has 1 nitrogen and oxygen atoms in total. The first-order chi connectivity index (χ1) is 7.08. The number of methoxy groups -OCH3 is 1. The van der Waals surface area contributed by atoms with Crippen LogP contribution < -0.4 is 0 Å². The van der Waals surface area contributed by atoms with Crippen molar-refractivity contribution in [2.45, 2.75) is 52.1 Å². The Kier molecular flexibility index (Phi) is 7.67. The molecule has 0 bridgehead atoms. The van der Waals surface area contributed by atoms with Crippen LogP contribution in [-0.4, -0.2) is 19.9 Å². The van der Waals surface area contributed by atoms with E-state index in [0.717, 1.165) is 19.3 Å².